The number of benzene rings is 1. The van der Waals surface area contributed by atoms with E-state index in [1.54, 1.807) is 12.4 Å². The number of hydrogen-bond acceptors (Lipinski definition) is 5. The number of carbonyl (C=O) groups excluding carboxylic acids is 1. The second-order valence-electron chi connectivity index (χ2n) is 7.07. The zero-order chi connectivity index (χ0) is 20.3. The van der Waals surface area contributed by atoms with Crippen LogP contribution >= 0.6 is 11.8 Å². The minimum atomic E-state index is -0.290. The largest absolute Gasteiger partial charge is 0.353 e. The molecule has 0 bridgehead atoms. The van der Waals surface area contributed by atoms with Crippen LogP contribution in [0.2, 0.25) is 0 Å². The Morgan fingerprint density at radius 3 is 2.39 bits per heavy atom. The number of aromatic nitrogens is 4. The topological polar surface area (TPSA) is 72.7 Å². The number of aryl methyl sites for hydroxylation is 2. The first-order chi connectivity index (χ1) is 13.4. The SMILES string of the molecule is Cc1ccc(-n2c(SC(C)C(=O)NC(C)C)nnc2-c2ccncc2)cc1C. The second kappa shape index (κ2) is 8.56. The lowest BCUT2D eigenvalue weighted by Gasteiger charge is -2.16. The molecule has 3 aromatic rings. The Hall–Kier alpha value is -2.67. The van der Waals surface area contributed by atoms with E-state index in [-0.39, 0.29) is 17.2 Å². The van der Waals surface area contributed by atoms with Gasteiger partial charge in [-0.15, -0.1) is 10.2 Å². The van der Waals surface area contributed by atoms with Gasteiger partial charge in [0, 0.05) is 24.0 Å². The lowest BCUT2D eigenvalue weighted by Crippen LogP contribution is -2.36. The van der Waals surface area contributed by atoms with Gasteiger partial charge in [0.15, 0.2) is 11.0 Å². The summed E-state index contributed by atoms with van der Waals surface area (Å²) in [5.41, 5.74) is 4.31. The Balaban J connectivity index is 2.04. The van der Waals surface area contributed by atoms with Crippen molar-refractivity contribution < 1.29 is 4.79 Å². The van der Waals surface area contributed by atoms with Crippen LogP contribution in [-0.2, 0) is 4.79 Å². The third kappa shape index (κ3) is 4.42. The number of nitrogens with one attached hydrogen (secondary N) is 1. The van der Waals surface area contributed by atoms with E-state index in [0.29, 0.717) is 5.16 Å². The van der Waals surface area contributed by atoms with Gasteiger partial charge in [0.1, 0.15) is 0 Å². The number of amides is 1. The molecule has 0 aliphatic carbocycles. The third-order valence-electron chi connectivity index (χ3n) is 4.40. The smallest absolute Gasteiger partial charge is 0.233 e. The molecule has 3 rings (SSSR count). The van der Waals surface area contributed by atoms with Gasteiger partial charge >= 0.3 is 0 Å². The molecule has 6 nitrogen and oxygen atoms in total. The number of hydrogen-bond donors (Lipinski definition) is 1. The van der Waals surface area contributed by atoms with E-state index in [9.17, 15) is 4.79 Å². The van der Waals surface area contributed by atoms with Gasteiger partial charge in [0.25, 0.3) is 0 Å². The summed E-state index contributed by atoms with van der Waals surface area (Å²) < 4.78 is 2.01. The highest BCUT2D eigenvalue weighted by Crippen LogP contribution is 2.30. The van der Waals surface area contributed by atoms with Crippen molar-refractivity contribution in [3.63, 3.8) is 0 Å². The van der Waals surface area contributed by atoms with Gasteiger partial charge in [0.2, 0.25) is 5.91 Å². The number of thioether (sulfide) groups is 1. The Labute approximate surface area is 169 Å². The minimum absolute atomic E-state index is 0.0138. The van der Waals surface area contributed by atoms with Crippen molar-refractivity contribution >= 4 is 17.7 Å². The van der Waals surface area contributed by atoms with E-state index in [4.69, 9.17) is 0 Å². The zero-order valence-corrected chi connectivity index (χ0v) is 17.6. The van der Waals surface area contributed by atoms with Gasteiger partial charge < -0.3 is 5.32 Å². The second-order valence-corrected chi connectivity index (χ2v) is 8.38. The van der Waals surface area contributed by atoms with Gasteiger partial charge in [-0.2, -0.15) is 0 Å². The Kier molecular flexibility index (Phi) is 6.14. The number of pyridine rings is 1. The fourth-order valence-corrected chi connectivity index (χ4v) is 3.62. The van der Waals surface area contributed by atoms with E-state index >= 15 is 0 Å². The molecule has 0 aliphatic heterocycles. The first-order valence-corrected chi connectivity index (χ1v) is 10.1. The quantitative estimate of drug-likeness (QED) is 0.640. The first kappa shape index (κ1) is 20.1. The van der Waals surface area contributed by atoms with E-state index in [2.05, 4.69) is 52.5 Å². The van der Waals surface area contributed by atoms with Crippen LogP contribution in [0.15, 0.2) is 47.9 Å². The van der Waals surface area contributed by atoms with Crippen molar-refractivity contribution in [1.29, 1.82) is 0 Å². The maximum atomic E-state index is 12.4. The van der Waals surface area contributed by atoms with Crippen LogP contribution < -0.4 is 5.32 Å². The van der Waals surface area contributed by atoms with Crippen LogP contribution in [0.3, 0.4) is 0 Å². The summed E-state index contributed by atoms with van der Waals surface area (Å²) in [6.45, 7) is 9.96. The highest BCUT2D eigenvalue weighted by Gasteiger charge is 2.22. The zero-order valence-electron chi connectivity index (χ0n) is 16.8. The summed E-state index contributed by atoms with van der Waals surface area (Å²) in [5.74, 6) is 0.713. The van der Waals surface area contributed by atoms with E-state index < -0.39 is 0 Å². The van der Waals surface area contributed by atoms with Gasteiger partial charge in [0.05, 0.1) is 10.9 Å². The standard InChI is InChI=1S/C21H25N5OS/c1-13(2)23-20(27)16(5)28-21-25-24-19(17-8-10-22-11-9-17)26(21)18-7-6-14(3)15(4)12-18/h6-13,16H,1-5H3,(H,23,27). The van der Waals surface area contributed by atoms with Crippen molar-refractivity contribution in [3.05, 3.63) is 53.9 Å². The summed E-state index contributed by atoms with van der Waals surface area (Å²) in [7, 11) is 0. The normalized spacial score (nSPS) is 12.2. The number of rotatable bonds is 6. The van der Waals surface area contributed by atoms with Gasteiger partial charge in [-0.25, -0.2) is 0 Å². The monoisotopic (exact) mass is 395 g/mol. The molecule has 0 fully saturated rings. The average molecular weight is 396 g/mol. The molecular weight excluding hydrogens is 370 g/mol. The molecule has 146 valence electrons. The maximum absolute atomic E-state index is 12.4. The average Bonchev–Trinajstić information content (AvgIpc) is 3.07. The molecule has 1 unspecified atom stereocenters. The van der Waals surface area contributed by atoms with E-state index in [1.807, 2.05) is 37.5 Å². The molecule has 2 heterocycles. The highest BCUT2D eigenvalue weighted by atomic mass is 32.2. The fraction of sp³-hybridized carbons (Fsp3) is 0.333. The minimum Gasteiger partial charge on any atom is -0.353 e. The van der Waals surface area contributed by atoms with Gasteiger partial charge in [-0.1, -0.05) is 17.8 Å². The predicted octanol–water partition coefficient (Wildman–Crippen LogP) is 3.95. The van der Waals surface area contributed by atoms with Crippen LogP contribution in [0.25, 0.3) is 17.1 Å². The predicted molar refractivity (Wildman–Crippen MR) is 113 cm³/mol. The van der Waals surface area contributed by atoms with Crippen molar-refractivity contribution in [2.24, 2.45) is 0 Å². The molecule has 7 heteroatoms. The fourth-order valence-electron chi connectivity index (χ4n) is 2.75. The van der Waals surface area contributed by atoms with Crippen LogP contribution in [0.5, 0.6) is 0 Å². The van der Waals surface area contributed by atoms with Gasteiger partial charge in [-0.05, 0) is 70.0 Å². The summed E-state index contributed by atoms with van der Waals surface area (Å²) in [4.78, 5) is 16.5. The van der Waals surface area contributed by atoms with Crippen molar-refractivity contribution in [2.75, 3.05) is 0 Å². The summed E-state index contributed by atoms with van der Waals surface area (Å²) >= 11 is 1.40. The molecule has 1 aromatic carbocycles. The summed E-state index contributed by atoms with van der Waals surface area (Å²) in [6, 6.07) is 10.2. The Morgan fingerprint density at radius 2 is 1.75 bits per heavy atom. The number of carbonyl (C=O) groups is 1. The van der Waals surface area contributed by atoms with Crippen LogP contribution in [-0.4, -0.2) is 36.9 Å². The number of nitrogens with zero attached hydrogens (tertiary/aromatic N) is 4. The van der Waals surface area contributed by atoms with Crippen molar-refractivity contribution in [2.45, 2.75) is 51.1 Å². The molecule has 1 atom stereocenters. The van der Waals surface area contributed by atoms with Crippen molar-refractivity contribution in [3.8, 4) is 17.1 Å². The molecule has 1 N–H and O–H groups in total. The van der Waals surface area contributed by atoms with Crippen molar-refractivity contribution in [1.82, 2.24) is 25.1 Å². The summed E-state index contributed by atoms with van der Waals surface area (Å²) in [5, 5.41) is 12.2. The van der Waals surface area contributed by atoms with Crippen LogP contribution in [0, 0.1) is 13.8 Å². The third-order valence-corrected chi connectivity index (χ3v) is 5.45. The Morgan fingerprint density at radius 1 is 1.04 bits per heavy atom. The van der Waals surface area contributed by atoms with E-state index in [1.165, 1.54) is 22.9 Å². The maximum Gasteiger partial charge on any atom is 0.233 e. The van der Waals surface area contributed by atoms with Crippen LogP contribution in [0.4, 0.5) is 0 Å². The molecule has 2 aromatic heterocycles. The van der Waals surface area contributed by atoms with Gasteiger partial charge in [-0.3, -0.25) is 14.3 Å². The molecule has 28 heavy (non-hydrogen) atoms. The molecular formula is C21H25N5OS. The van der Waals surface area contributed by atoms with E-state index in [0.717, 1.165) is 17.1 Å². The lowest BCUT2D eigenvalue weighted by molar-refractivity contribution is -0.120. The molecule has 1 amide bonds. The molecule has 0 radical (unpaired) electrons. The molecule has 0 spiro atoms. The molecule has 0 aliphatic rings. The summed E-state index contributed by atoms with van der Waals surface area (Å²) in [6.07, 6.45) is 3.47. The van der Waals surface area contributed by atoms with Crippen LogP contribution in [0.1, 0.15) is 31.9 Å². The highest BCUT2D eigenvalue weighted by molar-refractivity contribution is 8.00. The molecule has 0 saturated heterocycles. The Bertz CT molecular complexity index is 968. The first-order valence-electron chi connectivity index (χ1n) is 9.27. The molecule has 0 saturated carbocycles. The lowest BCUT2D eigenvalue weighted by atomic mass is 10.1.